The van der Waals surface area contributed by atoms with Gasteiger partial charge in [0, 0.05) is 28.1 Å². The Bertz CT molecular complexity index is 990. The Labute approximate surface area is 160 Å². The molecule has 0 bridgehead atoms. The van der Waals surface area contributed by atoms with Gasteiger partial charge < -0.3 is 10.1 Å². The Morgan fingerprint density at radius 3 is 2.70 bits per heavy atom. The number of benzene rings is 1. The van der Waals surface area contributed by atoms with E-state index in [0.717, 1.165) is 10.8 Å². The van der Waals surface area contributed by atoms with Crippen LogP contribution in [0, 0.1) is 10.1 Å². The number of ether oxygens (including phenoxy) is 1. The molecule has 2 heterocycles. The lowest BCUT2D eigenvalue weighted by Gasteiger charge is -2.11. The number of rotatable bonds is 7. The second-order valence-corrected chi connectivity index (χ2v) is 7.69. The molecule has 27 heavy (non-hydrogen) atoms. The molecule has 0 saturated heterocycles. The number of nitrogens with zero attached hydrogens (tertiary/aromatic N) is 3. The Hall–Kier alpha value is -2.87. The van der Waals surface area contributed by atoms with Crippen LogP contribution in [0.25, 0.3) is 11.0 Å². The van der Waals surface area contributed by atoms with Crippen LogP contribution in [0.5, 0.6) is 5.88 Å². The number of hydrogen-bond donors (Lipinski definition) is 1. The number of hydrogen-bond acceptors (Lipinski definition) is 7. The van der Waals surface area contributed by atoms with Crippen LogP contribution in [0.1, 0.15) is 18.4 Å². The Morgan fingerprint density at radius 1 is 1.26 bits per heavy atom. The van der Waals surface area contributed by atoms with E-state index in [0.29, 0.717) is 29.1 Å². The van der Waals surface area contributed by atoms with Gasteiger partial charge in [-0.15, -0.1) is 11.8 Å². The monoisotopic (exact) mass is 382 g/mol. The Kier molecular flexibility index (Phi) is 4.81. The van der Waals surface area contributed by atoms with Gasteiger partial charge in [-0.05, 0) is 36.6 Å². The molecule has 1 saturated carbocycles. The van der Waals surface area contributed by atoms with Crippen LogP contribution in [0.2, 0.25) is 0 Å². The highest BCUT2D eigenvalue weighted by Gasteiger charge is 2.22. The molecule has 1 fully saturated rings. The van der Waals surface area contributed by atoms with Gasteiger partial charge in [0.1, 0.15) is 11.9 Å². The van der Waals surface area contributed by atoms with Crippen LogP contribution in [0.15, 0.2) is 47.5 Å². The fourth-order valence-electron chi connectivity index (χ4n) is 2.74. The van der Waals surface area contributed by atoms with Crippen molar-refractivity contribution in [3.05, 3.63) is 58.3 Å². The molecular weight excluding hydrogens is 364 g/mol. The summed E-state index contributed by atoms with van der Waals surface area (Å²) in [4.78, 5) is 20.6. The quantitative estimate of drug-likeness (QED) is 0.478. The maximum absolute atomic E-state index is 11.4. The highest BCUT2D eigenvalue weighted by Crippen LogP contribution is 2.39. The standard InChI is InChI=1S/C19H18N4O3S/c1-26-17-9-8-15-18(16(23(24)25)11-21-19(15)22-17)20-10-12-2-4-13(5-3-12)27-14-6-7-14/h2-5,8-9,11,14H,6-7,10H2,1H3,(H,20,21,22). The van der Waals surface area contributed by atoms with Gasteiger partial charge in [-0.2, -0.15) is 4.98 Å². The second kappa shape index (κ2) is 7.40. The zero-order chi connectivity index (χ0) is 18.8. The van der Waals surface area contributed by atoms with Crippen LogP contribution in [0.3, 0.4) is 0 Å². The van der Waals surface area contributed by atoms with Gasteiger partial charge in [-0.25, -0.2) is 4.98 Å². The number of aromatic nitrogens is 2. The number of fused-ring (bicyclic) bond motifs is 1. The van der Waals surface area contributed by atoms with E-state index in [1.54, 1.807) is 12.1 Å². The first-order chi connectivity index (χ1) is 13.1. The van der Waals surface area contributed by atoms with E-state index in [9.17, 15) is 10.1 Å². The fraction of sp³-hybridized carbons (Fsp3) is 0.263. The summed E-state index contributed by atoms with van der Waals surface area (Å²) in [5.74, 6) is 0.415. The van der Waals surface area contributed by atoms with Crippen LogP contribution >= 0.6 is 11.8 Å². The summed E-state index contributed by atoms with van der Waals surface area (Å²) < 4.78 is 5.10. The van der Waals surface area contributed by atoms with Crippen molar-refractivity contribution in [3.63, 3.8) is 0 Å². The first kappa shape index (κ1) is 17.5. The zero-order valence-electron chi connectivity index (χ0n) is 14.7. The van der Waals surface area contributed by atoms with E-state index < -0.39 is 4.92 Å². The molecular formula is C19H18N4O3S. The third-order valence-electron chi connectivity index (χ3n) is 4.31. The normalized spacial score (nSPS) is 13.5. The van der Waals surface area contributed by atoms with Crippen molar-refractivity contribution in [1.29, 1.82) is 0 Å². The van der Waals surface area contributed by atoms with Crippen LogP contribution < -0.4 is 10.1 Å². The molecule has 1 aliphatic carbocycles. The minimum Gasteiger partial charge on any atom is -0.481 e. The molecule has 1 aliphatic rings. The predicted molar refractivity (Wildman–Crippen MR) is 105 cm³/mol. The van der Waals surface area contributed by atoms with E-state index in [2.05, 4.69) is 27.4 Å². The van der Waals surface area contributed by atoms with E-state index in [-0.39, 0.29) is 5.69 Å². The van der Waals surface area contributed by atoms with Crippen LogP contribution in [-0.4, -0.2) is 27.3 Å². The smallest absolute Gasteiger partial charge is 0.311 e. The average Bonchev–Trinajstić information content (AvgIpc) is 3.50. The summed E-state index contributed by atoms with van der Waals surface area (Å²) in [5, 5.41) is 16.0. The van der Waals surface area contributed by atoms with Crippen molar-refractivity contribution >= 4 is 34.2 Å². The molecule has 7 nitrogen and oxygen atoms in total. The molecule has 0 amide bonds. The largest absolute Gasteiger partial charge is 0.481 e. The number of anilines is 1. The summed E-state index contributed by atoms with van der Waals surface area (Å²) in [5.41, 5.74) is 1.79. The minimum atomic E-state index is -0.436. The lowest BCUT2D eigenvalue weighted by atomic mass is 10.2. The summed E-state index contributed by atoms with van der Waals surface area (Å²) in [6, 6.07) is 11.7. The number of nitro groups is 1. The third kappa shape index (κ3) is 3.95. The number of thioether (sulfide) groups is 1. The van der Waals surface area contributed by atoms with Crippen molar-refractivity contribution in [2.24, 2.45) is 0 Å². The predicted octanol–water partition coefficient (Wildman–Crippen LogP) is 4.41. The fourth-order valence-corrected chi connectivity index (χ4v) is 3.79. The molecule has 8 heteroatoms. The van der Waals surface area contributed by atoms with Gasteiger partial charge in [0.05, 0.1) is 12.0 Å². The average molecular weight is 382 g/mol. The number of nitrogens with one attached hydrogen (secondary N) is 1. The molecule has 0 aliphatic heterocycles. The highest BCUT2D eigenvalue weighted by molar-refractivity contribution is 8.00. The summed E-state index contributed by atoms with van der Waals surface area (Å²) in [6.45, 7) is 0.473. The second-order valence-electron chi connectivity index (χ2n) is 6.32. The first-order valence-electron chi connectivity index (χ1n) is 8.61. The Balaban J connectivity index is 1.59. The van der Waals surface area contributed by atoms with Gasteiger partial charge in [0.25, 0.3) is 0 Å². The lowest BCUT2D eigenvalue weighted by molar-refractivity contribution is -0.384. The number of methoxy groups -OCH3 is 1. The van der Waals surface area contributed by atoms with Crippen LogP contribution in [0.4, 0.5) is 11.4 Å². The third-order valence-corrected chi connectivity index (χ3v) is 5.66. The molecule has 4 rings (SSSR count). The summed E-state index contributed by atoms with van der Waals surface area (Å²) in [6.07, 6.45) is 3.82. The zero-order valence-corrected chi connectivity index (χ0v) is 15.5. The van der Waals surface area contributed by atoms with Crippen LogP contribution in [-0.2, 0) is 6.54 Å². The lowest BCUT2D eigenvalue weighted by Crippen LogP contribution is -2.05. The maximum Gasteiger partial charge on any atom is 0.311 e. The summed E-state index contributed by atoms with van der Waals surface area (Å²) >= 11 is 1.91. The van der Waals surface area contributed by atoms with Gasteiger partial charge in [-0.1, -0.05) is 12.1 Å². The summed E-state index contributed by atoms with van der Waals surface area (Å²) in [7, 11) is 1.52. The van der Waals surface area contributed by atoms with Gasteiger partial charge in [0.2, 0.25) is 5.88 Å². The van der Waals surface area contributed by atoms with E-state index in [1.807, 2.05) is 23.9 Å². The van der Waals surface area contributed by atoms with Crippen molar-refractivity contribution in [2.75, 3.05) is 12.4 Å². The number of pyridine rings is 2. The van der Waals surface area contributed by atoms with Gasteiger partial charge >= 0.3 is 5.69 Å². The van der Waals surface area contributed by atoms with E-state index in [4.69, 9.17) is 4.74 Å². The topological polar surface area (TPSA) is 90.2 Å². The molecule has 1 aromatic carbocycles. The Morgan fingerprint density at radius 2 is 2.04 bits per heavy atom. The van der Waals surface area contributed by atoms with Gasteiger partial charge in [0.15, 0.2) is 5.65 Å². The molecule has 0 unspecified atom stereocenters. The van der Waals surface area contributed by atoms with Crippen molar-refractivity contribution in [1.82, 2.24) is 9.97 Å². The molecule has 0 radical (unpaired) electrons. The van der Waals surface area contributed by atoms with Crippen molar-refractivity contribution < 1.29 is 9.66 Å². The van der Waals surface area contributed by atoms with E-state index >= 15 is 0 Å². The van der Waals surface area contributed by atoms with E-state index in [1.165, 1.54) is 31.0 Å². The first-order valence-corrected chi connectivity index (χ1v) is 9.49. The molecule has 2 aromatic heterocycles. The van der Waals surface area contributed by atoms with Crippen molar-refractivity contribution in [3.8, 4) is 5.88 Å². The highest BCUT2D eigenvalue weighted by atomic mass is 32.2. The molecule has 138 valence electrons. The SMILES string of the molecule is COc1ccc2c(NCc3ccc(SC4CC4)cc3)c([N+](=O)[O-])cnc2n1. The van der Waals surface area contributed by atoms with Crippen molar-refractivity contribution in [2.45, 2.75) is 29.5 Å². The molecule has 0 atom stereocenters. The van der Waals surface area contributed by atoms with Gasteiger partial charge in [-0.3, -0.25) is 10.1 Å². The molecule has 3 aromatic rings. The minimum absolute atomic E-state index is 0.0737. The maximum atomic E-state index is 11.4. The molecule has 1 N–H and O–H groups in total. The molecule has 0 spiro atoms.